The molecule has 0 radical (unpaired) electrons. The quantitative estimate of drug-likeness (QED) is 0.575. The second kappa shape index (κ2) is 7.57. The summed E-state index contributed by atoms with van der Waals surface area (Å²) in [5.74, 6) is 0.134. The monoisotopic (exact) mass is 311 g/mol. The first-order valence-electron chi connectivity index (χ1n) is 6.45. The maximum Gasteiger partial charge on any atom is 0.253 e. The zero-order chi connectivity index (χ0) is 13.5. The number of carbonyl (C=O) groups excluding carboxylic acids is 1. The van der Waals surface area contributed by atoms with Crippen LogP contribution in [0.2, 0.25) is 0 Å². The van der Waals surface area contributed by atoms with Gasteiger partial charge in [-0.3, -0.25) is 4.79 Å². The number of hydrogen-bond donors (Lipinski definition) is 0. The van der Waals surface area contributed by atoms with E-state index < -0.39 is 0 Å². The molecule has 0 heterocycles. The molecule has 0 saturated carbocycles. The van der Waals surface area contributed by atoms with Crippen molar-refractivity contribution in [1.82, 2.24) is 4.90 Å². The molecule has 0 spiro atoms. The molecule has 0 N–H and O–H groups in total. The van der Waals surface area contributed by atoms with Crippen molar-refractivity contribution in [3.05, 3.63) is 34.9 Å². The smallest absolute Gasteiger partial charge is 0.253 e. The van der Waals surface area contributed by atoms with Gasteiger partial charge in [0.15, 0.2) is 0 Å². The average molecular weight is 312 g/mol. The van der Waals surface area contributed by atoms with E-state index >= 15 is 0 Å². The number of carbonyl (C=O) groups is 1. The first-order valence-corrected chi connectivity index (χ1v) is 7.57. The largest absolute Gasteiger partial charge is 0.342 e. The van der Waals surface area contributed by atoms with Crippen molar-refractivity contribution in [2.75, 3.05) is 18.9 Å². The van der Waals surface area contributed by atoms with Crippen LogP contribution < -0.4 is 0 Å². The highest BCUT2D eigenvalue weighted by atomic mass is 79.9. The molecule has 1 amide bonds. The Kier molecular flexibility index (Phi) is 6.41. The van der Waals surface area contributed by atoms with Crippen molar-refractivity contribution in [3.8, 4) is 0 Å². The number of rotatable bonds is 6. The SMILES string of the molecule is Cc1cccc(C(=O)N(C)CCCCCBr)c1C. The van der Waals surface area contributed by atoms with Crippen molar-refractivity contribution in [3.63, 3.8) is 0 Å². The Hall–Kier alpha value is -0.830. The van der Waals surface area contributed by atoms with Crippen LogP contribution in [0.1, 0.15) is 40.7 Å². The van der Waals surface area contributed by atoms with E-state index in [1.165, 1.54) is 12.0 Å². The number of nitrogens with zero attached hydrogens (tertiary/aromatic N) is 1. The minimum Gasteiger partial charge on any atom is -0.342 e. The lowest BCUT2D eigenvalue weighted by Crippen LogP contribution is -2.28. The molecule has 0 aliphatic carbocycles. The van der Waals surface area contributed by atoms with Crippen LogP contribution >= 0.6 is 15.9 Å². The van der Waals surface area contributed by atoms with Gasteiger partial charge in [-0.1, -0.05) is 34.5 Å². The Morgan fingerprint density at radius 3 is 2.61 bits per heavy atom. The molecule has 0 unspecified atom stereocenters. The molecule has 100 valence electrons. The average Bonchev–Trinajstić information content (AvgIpc) is 2.37. The molecule has 1 aromatic carbocycles. The number of amides is 1. The van der Waals surface area contributed by atoms with Gasteiger partial charge in [0.1, 0.15) is 0 Å². The second-order valence-corrected chi connectivity index (χ2v) is 5.52. The molecular weight excluding hydrogens is 290 g/mol. The zero-order valence-electron chi connectivity index (χ0n) is 11.5. The molecule has 0 aromatic heterocycles. The van der Waals surface area contributed by atoms with E-state index in [-0.39, 0.29) is 5.91 Å². The molecule has 0 fully saturated rings. The predicted molar refractivity (Wildman–Crippen MR) is 80.5 cm³/mol. The molecule has 0 aliphatic rings. The summed E-state index contributed by atoms with van der Waals surface area (Å²) in [7, 11) is 1.89. The summed E-state index contributed by atoms with van der Waals surface area (Å²) >= 11 is 3.42. The number of benzene rings is 1. The molecule has 18 heavy (non-hydrogen) atoms. The lowest BCUT2D eigenvalue weighted by Gasteiger charge is -2.18. The minimum atomic E-state index is 0.134. The maximum atomic E-state index is 12.3. The molecule has 3 heteroatoms. The lowest BCUT2D eigenvalue weighted by atomic mass is 10.0. The molecule has 2 nitrogen and oxygen atoms in total. The van der Waals surface area contributed by atoms with Gasteiger partial charge in [0, 0.05) is 24.5 Å². The van der Waals surface area contributed by atoms with E-state index in [1.807, 2.05) is 44.0 Å². The second-order valence-electron chi connectivity index (χ2n) is 4.72. The van der Waals surface area contributed by atoms with Crippen molar-refractivity contribution >= 4 is 21.8 Å². The fraction of sp³-hybridized carbons (Fsp3) is 0.533. The maximum absolute atomic E-state index is 12.3. The van der Waals surface area contributed by atoms with Crippen molar-refractivity contribution in [2.45, 2.75) is 33.1 Å². The van der Waals surface area contributed by atoms with Crippen molar-refractivity contribution < 1.29 is 4.79 Å². The van der Waals surface area contributed by atoms with Crippen LogP contribution in [-0.4, -0.2) is 29.7 Å². The number of halogens is 1. The summed E-state index contributed by atoms with van der Waals surface area (Å²) in [4.78, 5) is 14.1. The third-order valence-corrected chi connectivity index (χ3v) is 3.87. The normalized spacial score (nSPS) is 10.4. The Labute approximate surface area is 119 Å². The molecule has 0 bridgehead atoms. The van der Waals surface area contributed by atoms with E-state index in [9.17, 15) is 4.79 Å². The van der Waals surface area contributed by atoms with E-state index in [2.05, 4.69) is 15.9 Å². The van der Waals surface area contributed by atoms with Crippen molar-refractivity contribution in [1.29, 1.82) is 0 Å². The van der Waals surface area contributed by atoms with E-state index in [0.29, 0.717) is 0 Å². The summed E-state index contributed by atoms with van der Waals surface area (Å²) in [5, 5.41) is 1.04. The number of aryl methyl sites for hydroxylation is 1. The van der Waals surface area contributed by atoms with Crippen LogP contribution in [0.25, 0.3) is 0 Å². The third kappa shape index (κ3) is 4.13. The lowest BCUT2D eigenvalue weighted by molar-refractivity contribution is 0.0792. The first kappa shape index (κ1) is 15.2. The van der Waals surface area contributed by atoms with Crippen LogP contribution in [0, 0.1) is 13.8 Å². The molecule has 0 atom stereocenters. The Balaban J connectivity index is 2.60. The first-order chi connectivity index (χ1) is 8.57. The van der Waals surface area contributed by atoms with E-state index in [0.717, 1.165) is 35.8 Å². The number of unbranched alkanes of at least 4 members (excludes halogenated alkanes) is 2. The van der Waals surface area contributed by atoms with Gasteiger partial charge in [-0.2, -0.15) is 0 Å². The Morgan fingerprint density at radius 2 is 1.94 bits per heavy atom. The number of hydrogen-bond acceptors (Lipinski definition) is 1. The van der Waals surface area contributed by atoms with Crippen LogP contribution in [0.15, 0.2) is 18.2 Å². The molecule has 1 rings (SSSR count). The fourth-order valence-electron chi connectivity index (χ4n) is 1.91. The summed E-state index contributed by atoms with van der Waals surface area (Å²) in [6.45, 7) is 4.89. The van der Waals surface area contributed by atoms with E-state index in [1.54, 1.807) is 0 Å². The predicted octanol–water partition coefficient (Wildman–Crippen LogP) is 3.94. The van der Waals surface area contributed by atoms with Crippen LogP contribution in [0.4, 0.5) is 0 Å². The molecule has 0 aliphatic heterocycles. The highest BCUT2D eigenvalue weighted by molar-refractivity contribution is 9.09. The third-order valence-electron chi connectivity index (χ3n) is 3.31. The fourth-order valence-corrected chi connectivity index (χ4v) is 2.31. The van der Waals surface area contributed by atoms with Gasteiger partial charge in [0.05, 0.1) is 0 Å². The number of alkyl halides is 1. The van der Waals surface area contributed by atoms with Gasteiger partial charge in [-0.25, -0.2) is 0 Å². The topological polar surface area (TPSA) is 20.3 Å². The van der Waals surface area contributed by atoms with Gasteiger partial charge in [0.25, 0.3) is 5.91 Å². The summed E-state index contributed by atoms with van der Waals surface area (Å²) < 4.78 is 0. The van der Waals surface area contributed by atoms with Crippen molar-refractivity contribution in [2.24, 2.45) is 0 Å². The molecular formula is C15H22BrNO. The van der Waals surface area contributed by atoms with Gasteiger partial charge < -0.3 is 4.90 Å². The Morgan fingerprint density at radius 1 is 1.22 bits per heavy atom. The highest BCUT2D eigenvalue weighted by Crippen LogP contribution is 2.14. The van der Waals surface area contributed by atoms with Gasteiger partial charge in [-0.05, 0) is 43.9 Å². The van der Waals surface area contributed by atoms with Gasteiger partial charge in [-0.15, -0.1) is 0 Å². The summed E-state index contributed by atoms with van der Waals surface area (Å²) in [6.07, 6.45) is 3.40. The summed E-state index contributed by atoms with van der Waals surface area (Å²) in [5.41, 5.74) is 3.10. The zero-order valence-corrected chi connectivity index (χ0v) is 13.1. The van der Waals surface area contributed by atoms with E-state index in [4.69, 9.17) is 0 Å². The minimum absolute atomic E-state index is 0.134. The standard InChI is InChI=1S/C15H22BrNO/c1-12-8-7-9-14(13(12)2)15(18)17(3)11-6-4-5-10-16/h7-9H,4-6,10-11H2,1-3H3. The van der Waals surface area contributed by atoms with Gasteiger partial charge >= 0.3 is 0 Å². The van der Waals surface area contributed by atoms with Gasteiger partial charge in [0.2, 0.25) is 0 Å². The van der Waals surface area contributed by atoms with Crippen LogP contribution in [0.5, 0.6) is 0 Å². The Bertz CT molecular complexity index is 403. The van der Waals surface area contributed by atoms with Crippen LogP contribution in [-0.2, 0) is 0 Å². The molecule has 1 aromatic rings. The molecule has 0 saturated heterocycles. The summed E-state index contributed by atoms with van der Waals surface area (Å²) in [6, 6.07) is 5.91. The highest BCUT2D eigenvalue weighted by Gasteiger charge is 2.14. The van der Waals surface area contributed by atoms with Crippen LogP contribution in [0.3, 0.4) is 0 Å².